The largest absolute Gasteiger partial charge is 0.463 e. The summed E-state index contributed by atoms with van der Waals surface area (Å²) in [6.07, 6.45) is 2.55. The number of aliphatic hydroxyl groups excluding tert-OH is 1. The van der Waals surface area contributed by atoms with Gasteiger partial charge in [-0.25, -0.2) is 4.79 Å². The van der Waals surface area contributed by atoms with Gasteiger partial charge in [0.2, 0.25) is 0 Å². The number of pyridine rings is 1. The summed E-state index contributed by atoms with van der Waals surface area (Å²) in [5.41, 5.74) is 3.10. The monoisotopic (exact) mass is 247 g/mol. The van der Waals surface area contributed by atoms with E-state index in [9.17, 15) is 4.79 Å². The maximum Gasteiger partial charge on any atom is 0.334 e. The van der Waals surface area contributed by atoms with Gasteiger partial charge in [-0.2, -0.15) is 0 Å². The SMILES string of the molecule is CCOC(=O)C1=C(c2cccc(CO)n2)CCC1. The van der Waals surface area contributed by atoms with Gasteiger partial charge in [-0.1, -0.05) is 6.07 Å². The van der Waals surface area contributed by atoms with Crippen molar-refractivity contribution < 1.29 is 14.6 Å². The van der Waals surface area contributed by atoms with Crippen LogP contribution in [-0.2, 0) is 16.1 Å². The zero-order valence-corrected chi connectivity index (χ0v) is 10.5. The van der Waals surface area contributed by atoms with E-state index in [-0.39, 0.29) is 12.6 Å². The van der Waals surface area contributed by atoms with Crippen molar-refractivity contribution in [2.24, 2.45) is 0 Å². The van der Waals surface area contributed by atoms with Crippen LogP contribution in [-0.4, -0.2) is 22.7 Å². The van der Waals surface area contributed by atoms with Gasteiger partial charge in [0, 0.05) is 5.57 Å². The number of nitrogens with zero attached hydrogens (tertiary/aromatic N) is 1. The van der Waals surface area contributed by atoms with Crippen LogP contribution in [0.2, 0.25) is 0 Å². The third kappa shape index (κ3) is 2.59. The molecule has 1 aliphatic carbocycles. The minimum atomic E-state index is -0.235. The average molecular weight is 247 g/mol. The van der Waals surface area contributed by atoms with Crippen LogP contribution in [0, 0.1) is 0 Å². The second-order valence-corrected chi connectivity index (χ2v) is 4.20. The molecule has 0 amide bonds. The second kappa shape index (κ2) is 5.78. The number of aliphatic hydroxyl groups is 1. The maximum atomic E-state index is 11.8. The smallest absolute Gasteiger partial charge is 0.334 e. The van der Waals surface area contributed by atoms with E-state index in [0.29, 0.717) is 12.3 Å². The summed E-state index contributed by atoms with van der Waals surface area (Å²) >= 11 is 0. The first kappa shape index (κ1) is 12.8. The molecule has 0 saturated heterocycles. The van der Waals surface area contributed by atoms with E-state index in [1.165, 1.54) is 0 Å². The number of ether oxygens (including phenoxy) is 1. The van der Waals surface area contributed by atoms with E-state index < -0.39 is 0 Å². The third-order valence-corrected chi connectivity index (χ3v) is 3.02. The van der Waals surface area contributed by atoms with Crippen LogP contribution < -0.4 is 0 Å². The highest BCUT2D eigenvalue weighted by Gasteiger charge is 2.23. The lowest BCUT2D eigenvalue weighted by Gasteiger charge is -2.07. The molecular weight excluding hydrogens is 230 g/mol. The summed E-state index contributed by atoms with van der Waals surface area (Å²) in [5, 5.41) is 9.09. The zero-order valence-electron chi connectivity index (χ0n) is 10.5. The van der Waals surface area contributed by atoms with Crippen molar-refractivity contribution in [1.82, 2.24) is 4.98 Å². The molecule has 1 heterocycles. The highest BCUT2D eigenvalue weighted by atomic mass is 16.5. The Bertz CT molecular complexity index is 480. The molecule has 0 atom stereocenters. The fourth-order valence-electron chi connectivity index (χ4n) is 2.21. The van der Waals surface area contributed by atoms with Crippen LogP contribution in [0.1, 0.15) is 37.6 Å². The quantitative estimate of drug-likeness (QED) is 0.827. The molecule has 0 radical (unpaired) electrons. The number of esters is 1. The second-order valence-electron chi connectivity index (χ2n) is 4.20. The van der Waals surface area contributed by atoms with Crippen LogP contribution in [0.15, 0.2) is 23.8 Å². The van der Waals surface area contributed by atoms with Gasteiger partial charge in [0.05, 0.1) is 24.6 Å². The van der Waals surface area contributed by atoms with Crippen molar-refractivity contribution in [3.8, 4) is 0 Å². The summed E-state index contributed by atoms with van der Waals surface area (Å²) in [6, 6.07) is 5.49. The predicted octanol–water partition coefficient (Wildman–Crippen LogP) is 2.07. The molecule has 0 bridgehead atoms. The Morgan fingerprint density at radius 2 is 2.28 bits per heavy atom. The van der Waals surface area contributed by atoms with Crippen molar-refractivity contribution in [3.63, 3.8) is 0 Å². The molecule has 0 saturated carbocycles. The van der Waals surface area contributed by atoms with Crippen LogP contribution >= 0.6 is 0 Å². The molecule has 1 aliphatic rings. The first-order valence-corrected chi connectivity index (χ1v) is 6.22. The van der Waals surface area contributed by atoms with Gasteiger partial charge in [0.1, 0.15) is 0 Å². The van der Waals surface area contributed by atoms with Crippen LogP contribution in [0.25, 0.3) is 5.57 Å². The highest BCUT2D eigenvalue weighted by Crippen LogP contribution is 2.33. The zero-order chi connectivity index (χ0) is 13.0. The topological polar surface area (TPSA) is 59.4 Å². The number of carbonyl (C=O) groups excluding carboxylic acids is 1. The number of hydrogen-bond donors (Lipinski definition) is 1. The molecule has 1 N–H and O–H groups in total. The van der Waals surface area contributed by atoms with Crippen molar-refractivity contribution in [1.29, 1.82) is 0 Å². The molecule has 1 aromatic heterocycles. The summed E-state index contributed by atoms with van der Waals surface area (Å²) < 4.78 is 5.06. The van der Waals surface area contributed by atoms with Gasteiger partial charge in [-0.15, -0.1) is 0 Å². The van der Waals surface area contributed by atoms with Gasteiger partial charge in [0.15, 0.2) is 0 Å². The van der Waals surface area contributed by atoms with Crippen molar-refractivity contribution in [3.05, 3.63) is 35.2 Å². The number of aromatic nitrogens is 1. The Morgan fingerprint density at radius 1 is 1.44 bits per heavy atom. The summed E-state index contributed by atoms with van der Waals surface area (Å²) in [6.45, 7) is 2.10. The van der Waals surface area contributed by atoms with Gasteiger partial charge in [-0.3, -0.25) is 4.98 Å². The van der Waals surface area contributed by atoms with E-state index in [0.717, 1.165) is 36.1 Å². The van der Waals surface area contributed by atoms with Crippen molar-refractivity contribution in [2.45, 2.75) is 32.8 Å². The van der Waals surface area contributed by atoms with E-state index in [2.05, 4.69) is 4.98 Å². The lowest BCUT2D eigenvalue weighted by atomic mass is 10.1. The highest BCUT2D eigenvalue weighted by molar-refractivity contribution is 5.98. The Kier molecular flexibility index (Phi) is 4.10. The minimum absolute atomic E-state index is 0.0874. The van der Waals surface area contributed by atoms with Crippen LogP contribution in [0.3, 0.4) is 0 Å². The fourth-order valence-corrected chi connectivity index (χ4v) is 2.21. The molecule has 1 aromatic rings. The average Bonchev–Trinajstić information content (AvgIpc) is 2.88. The molecule has 96 valence electrons. The number of rotatable bonds is 4. The van der Waals surface area contributed by atoms with Crippen molar-refractivity contribution in [2.75, 3.05) is 6.61 Å². The lowest BCUT2D eigenvalue weighted by molar-refractivity contribution is -0.138. The molecule has 18 heavy (non-hydrogen) atoms. The molecule has 0 unspecified atom stereocenters. The first-order chi connectivity index (χ1) is 8.76. The van der Waals surface area contributed by atoms with E-state index in [1.54, 1.807) is 13.0 Å². The first-order valence-electron chi connectivity index (χ1n) is 6.22. The minimum Gasteiger partial charge on any atom is -0.463 e. The molecule has 0 aliphatic heterocycles. The molecule has 0 spiro atoms. The van der Waals surface area contributed by atoms with Gasteiger partial charge in [0.25, 0.3) is 0 Å². The molecule has 0 aromatic carbocycles. The Balaban J connectivity index is 2.34. The van der Waals surface area contributed by atoms with Gasteiger partial charge >= 0.3 is 5.97 Å². The number of allylic oxidation sites excluding steroid dienone is 1. The van der Waals surface area contributed by atoms with Crippen LogP contribution in [0.4, 0.5) is 0 Å². The molecular formula is C14H17NO3. The summed E-state index contributed by atoms with van der Waals surface area (Å²) in [7, 11) is 0. The maximum absolute atomic E-state index is 11.8. The van der Waals surface area contributed by atoms with Crippen molar-refractivity contribution >= 4 is 11.5 Å². The standard InChI is InChI=1S/C14H17NO3/c1-2-18-14(17)12-7-4-6-11(12)13-8-3-5-10(9-16)15-13/h3,5,8,16H,2,4,6-7,9H2,1H3. The van der Waals surface area contributed by atoms with Gasteiger partial charge in [-0.05, 0) is 43.9 Å². The summed E-state index contributed by atoms with van der Waals surface area (Å²) in [4.78, 5) is 16.2. The lowest BCUT2D eigenvalue weighted by Crippen LogP contribution is -2.07. The predicted molar refractivity (Wildman–Crippen MR) is 67.6 cm³/mol. The Hall–Kier alpha value is -1.68. The molecule has 4 heteroatoms. The number of carbonyl (C=O) groups is 1. The van der Waals surface area contributed by atoms with E-state index in [1.807, 2.05) is 12.1 Å². The Labute approximate surface area is 106 Å². The normalized spacial score (nSPS) is 15.0. The molecule has 0 fully saturated rings. The Morgan fingerprint density at radius 3 is 3.00 bits per heavy atom. The summed E-state index contributed by atoms with van der Waals surface area (Å²) in [5.74, 6) is -0.235. The fraction of sp³-hybridized carbons (Fsp3) is 0.429. The van der Waals surface area contributed by atoms with E-state index in [4.69, 9.17) is 9.84 Å². The van der Waals surface area contributed by atoms with Crippen LogP contribution in [0.5, 0.6) is 0 Å². The molecule has 2 rings (SSSR count). The van der Waals surface area contributed by atoms with E-state index >= 15 is 0 Å². The molecule has 4 nitrogen and oxygen atoms in total. The third-order valence-electron chi connectivity index (χ3n) is 3.02. The number of hydrogen-bond acceptors (Lipinski definition) is 4. The van der Waals surface area contributed by atoms with Gasteiger partial charge < -0.3 is 9.84 Å².